The Morgan fingerprint density at radius 2 is 1.85 bits per heavy atom. The lowest BCUT2D eigenvalue weighted by Gasteiger charge is -2.14. The quantitative estimate of drug-likeness (QED) is 0.0706. The van der Waals surface area contributed by atoms with Crippen LogP contribution in [0, 0.1) is 11.5 Å². The molecule has 12 heteroatoms. The van der Waals surface area contributed by atoms with Crippen molar-refractivity contribution in [3.05, 3.63) is 65.6 Å². The average Bonchev–Trinajstić information content (AvgIpc) is 3.32. The van der Waals surface area contributed by atoms with E-state index >= 15 is 0 Å². The SMILES string of the molecule is CCCCc1nc(SC)c(C(=O)OCC)n1Cc1ccc(-c2ccccc2S(=O)(=O)NC(=NCCC)NC#N)cc1. The van der Waals surface area contributed by atoms with Crippen LogP contribution in [0.3, 0.4) is 0 Å². The van der Waals surface area contributed by atoms with Crippen molar-refractivity contribution < 1.29 is 17.9 Å². The zero-order chi connectivity index (χ0) is 29.8. The number of sulfonamides is 1. The van der Waals surface area contributed by atoms with Crippen LogP contribution in [0.4, 0.5) is 0 Å². The second-order valence-electron chi connectivity index (χ2n) is 9.06. The van der Waals surface area contributed by atoms with Crippen LogP contribution < -0.4 is 10.0 Å². The highest BCUT2D eigenvalue weighted by Gasteiger charge is 2.24. The van der Waals surface area contributed by atoms with E-state index in [1.165, 1.54) is 17.8 Å². The highest BCUT2D eigenvalue weighted by atomic mass is 32.2. The second kappa shape index (κ2) is 15.3. The Morgan fingerprint density at radius 3 is 2.49 bits per heavy atom. The number of guanidine groups is 1. The number of thioether (sulfide) groups is 1. The number of hydrogen-bond acceptors (Lipinski definition) is 8. The van der Waals surface area contributed by atoms with Gasteiger partial charge < -0.3 is 9.30 Å². The fraction of sp³-hybridized carbons (Fsp3) is 0.379. The number of rotatable bonds is 13. The first-order valence-corrected chi connectivity index (χ1v) is 16.2. The van der Waals surface area contributed by atoms with Gasteiger partial charge in [-0.15, -0.1) is 11.8 Å². The number of imidazole rings is 1. The maximum Gasteiger partial charge on any atom is 0.357 e. The fourth-order valence-electron chi connectivity index (χ4n) is 4.18. The molecule has 2 N–H and O–H groups in total. The van der Waals surface area contributed by atoms with E-state index in [0.717, 1.165) is 30.7 Å². The van der Waals surface area contributed by atoms with Crippen molar-refractivity contribution in [1.82, 2.24) is 19.6 Å². The molecule has 0 unspecified atom stereocenters. The lowest BCUT2D eigenvalue weighted by Crippen LogP contribution is -2.39. The molecule has 218 valence electrons. The van der Waals surface area contributed by atoms with Gasteiger partial charge in [-0.05, 0) is 43.2 Å². The Hall–Kier alpha value is -3.82. The topological polar surface area (TPSA) is 138 Å². The fourth-order valence-corrected chi connectivity index (χ4v) is 5.97. The molecular weight excluding hydrogens is 560 g/mol. The lowest BCUT2D eigenvalue weighted by atomic mass is 10.0. The molecule has 10 nitrogen and oxygen atoms in total. The molecule has 0 bridgehead atoms. The summed E-state index contributed by atoms with van der Waals surface area (Å²) >= 11 is 1.42. The van der Waals surface area contributed by atoms with Gasteiger partial charge in [0, 0.05) is 25.1 Å². The van der Waals surface area contributed by atoms with E-state index in [4.69, 9.17) is 15.0 Å². The summed E-state index contributed by atoms with van der Waals surface area (Å²) < 4.78 is 36.3. The number of nitrogens with one attached hydrogen (secondary N) is 2. The number of benzene rings is 2. The number of ether oxygens (including phenoxy) is 1. The van der Waals surface area contributed by atoms with Gasteiger partial charge in [-0.3, -0.25) is 10.3 Å². The van der Waals surface area contributed by atoms with Crippen LogP contribution in [-0.4, -0.2) is 49.3 Å². The number of hydrogen-bond donors (Lipinski definition) is 2. The molecule has 0 atom stereocenters. The zero-order valence-corrected chi connectivity index (χ0v) is 25.4. The van der Waals surface area contributed by atoms with Crippen LogP contribution in [0.1, 0.15) is 61.9 Å². The van der Waals surface area contributed by atoms with Gasteiger partial charge in [0.05, 0.1) is 11.5 Å². The van der Waals surface area contributed by atoms with Crippen molar-refractivity contribution in [2.24, 2.45) is 4.99 Å². The van der Waals surface area contributed by atoms with Crippen LogP contribution in [0.15, 0.2) is 63.4 Å². The molecule has 0 fully saturated rings. The van der Waals surface area contributed by atoms with Crippen molar-refractivity contribution >= 4 is 33.7 Å². The van der Waals surface area contributed by atoms with Gasteiger partial charge in [0.25, 0.3) is 10.0 Å². The van der Waals surface area contributed by atoms with E-state index in [0.29, 0.717) is 41.4 Å². The van der Waals surface area contributed by atoms with E-state index < -0.39 is 16.0 Å². The molecule has 0 aliphatic carbocycles. The molecule has 3 rings (SSSR count). The Labute approximate surface area is 246 Å². The largest absolute Gasteiger partial charge is 0.461 e. The number of carbonyl (C=O) groups is 1. The number of aryl methyl sites for hydroxylation is 1. The smallest absolute Gasteiger partial charge is 0.357 e. The van der Waals surface area contributed by atoms with Crippen LogP contribution >= 0.6 is 11.8 Å². The summed E-state index contributed by atoms with van der Waals surface area (Å²) in [5.41, 5.74) is 2.57. The van der Waals surface area contributed by atoms with Gasteiger partial charge in [-0.25, -0.2) is 22.9 Å². The summed E-state index contributed by atoms with van der Waals surface area (Å²) in [6.45, 7) is 6.84. The maximum absolute atomic E-state index is 13.3. The van der Waals surface area contributed by atoms with E-state index in [1.807, 2.05) is 42.0 Å². The van der Waals surface area contributed by atoms with Crippen molar-refractivity contribution in [3.8, 4) is 17.3 Å². The molecule has 41 heavy (non-hydrogen) atoms. The van der Waals surface area contributed by atoms with E-state index in [9.17, 15) is 13.2 Å². The second-order valence-corrected chi connectivity index (χ2v) is 11.5. The number of carbonyl (C=O) groups excluding carboxylic acids is 1. The van der Waals surface area contributed by atoms with Crippen molar-refractivity contribution in [3.63, 3.8) is 0 Å². The summed E-state index contributed by atoms with van der Waals surface area (Å²) in [7, 11) is -4.05. The van der Waals surface area contributed by atoms with Gasteiger partial charge in [-0.1, -0.05) is 62.7 Å². The molecule has 1 heterocycles. The molecular formula is C29H36N6O4S2. The summed E-state index contributed by atoms with van der Waals surface area (Å²) in [6.07, 6.45) is 6.99. The van der Waals surface area contributed by atoms with Gasteiger partial charge in [-0.2, -0.15) is 5.26 Å². The molecule has 0 spiro atoms. The summed E-state index contributed by atoms with van der Waals surface area (Å²) in [6, 6.07) is 14.2. The molecule has 0 aliphatic heterocycles. The normalized spacial score (nSPS) is 11.6. The Bertz CT molecular complexity index is 1510. The van der Waals surface area contributed by atoms with Crippen molar-refractivity contribution in [2.75, 3.05) is 19.4 Å². The van der Waals surface area contributed by atoms with Crippen molar-refractivity contribution in [2.45, 2.75) is 62.9 Å². The van der Waals surface area contributed by atoms with Crippen molar-refractivity contribution in [1.29, 1.82) is 5.26 Å². The highest BCUT2D eigenvalue weighted by molar-refractivity contribution is 7.98. The van der Waals surface area contributed by atoms with Crippen LogP contribution in [0.2, 0.25) is 0 Å². The lowest BCUT2D eigenvalue weighted by molar-refractivity contribution is 0.0509. The van der Waals surface area contributed by atoms with Gasteiger partial charge in [0.2, 0.25) is 5.96 Å². The Kier molecular flexibility index (Phi) is 11.8. The first-order chi connectivity index (χ1) is 19.8. The van der Waals surface area contributed by atoms with Gasteiger partial charge in [0.15, 0.2) is 11.9 Å². The zero-order valence-electron chi connectivity index (χ0n) is 23.8. The third-order valence-corrected chi connectivity index (χ3v) is 8.18. The number of aromatic nitrogens is 2. The van der Waals surface area contributed by atoms with Gasteiger partial charge >= 0.3 is 5.97 Å². The highest BCUT2D eigenvalue weighted by Crippen LogP contribution is 2.29. The number of unbranched alkanes of at least 4 members (excludes halogenated alkanes) is 1. The number of esters is 1. The molecule has 3 aromatic rings. The molecule has 0 aliphatic rings. The predicted octanol–water partition coefficient (Wildman–Crippen LogP) is 4.95. The van der Waals surface area contributed by atoms with Crippen LogP contribution in [-0.2, 0) is 27.7 Å². The summed E-state index contributed by atoms with van der Waals surface area (Å²) in [5.74, 6) is 0.307. The minimum atomic E-state index is -4.05. The maximum atomic E-state index is 13.3. The first-order valence-electron chi connectivity index (χ1n) is 13.5. The van der Waals surface area contributed by atoms with Crippen LogP contribution in [0.5, 0.6) is 0 Å². The summed E-state index contributed by atoms with van der Waals surface area (Å²) in [5, 5.41) is 12.0. The minimum Gasteiger partial charge on any atom is -0.461 e. The molecule has 0 saturated carbocycles. The third-order valence-electron chi connectivity index (χ3n) is 6.11. The van der Waals surface area contributed by atoms with Crippen LogP contribution in [0.25, 0.3) is 11.1 Å². The van der Waals surface area contributed by atoms with E-state index in [1.54, 1.807) is 31.3 Å². The third kappa shape index (κ3) is 8.11. The Balaban J connectivity index is 1.96. The minimum absolute atomic E-state index is 0.0577. The van der Waals surface area contributed by atoms with Gasteiger partial charge in [0.1, 0.15) is 10.9 Å². The first kappa shape index (κ1) is 31.7. The number of nitrogens with zero attached hydrogens (tertiary/aromatic N) is 4. The molecule has 0 amide bonds. The number of aliphatic imine (C=N–C) groups is 1. The molecule has 0 saturated heterocycles. The standard InChI is InChI=1S/C29H36N6O4S2/c1-5-8-13-25-33-27(40-4)26(28(36)39-7-3)35(25)19-21-14-16-22(17-15-21)23-11-9-10-12-24(23)41(37,38)34-29(32-20-30)31-18-6-2/h9-12,14-17H,5-8,13,18-19H2,1-4H3,(H2,31,32,34). The summed E-state index contributed by atoms with van der Waals surface area (Å²) in [4.78, 5) is 21.8. The average molecular weight is 597 g/mol. The predicted molar refractivity (Wildman–Crippen MR) is 161 cm³/mol. The monoisotopic (exact) mass is 596 g/mol. The van der Waals surface area contributed by atoms with E-state index in [2.05, 4.69) is 22.0 Å². The molecule has 0 radical (unpaired) electrons. The Morgan fingerprint density at radius 1 is 1.12 bits per heavy atom. The molecule has 1 aromatic heterocycles. The number of nitriles is 1. The van der Waals surface area contributed by atoms with E-state index in [-0.39, 0.29) is 17.5 Å². The molecule has 2 aromatic carbocycles.